The van der Waals surface area contributed by atoms with E-state index in [2.05, 4.69) is 17.2 Å². The molecule has 2 rings (SSSR count). The number of nitrogens with zero attached hydrogens (tertiary/aromatic N) is 2. The van der Waals surface area contributed by atoms with E-state index >= 15 is 0 Å². The summed E-state index contributed by atoms with van der Waals surface area (Å²) in [7, 11) is 0. The minimum atomic E-state index is -0.0180. The highest BCUT2D eigenvalue weighted by atomic mass is 16.5. The molecule has 0 saturated heterocycles. The predicted octanol–water partition coefficient (Wildman–Crippen LogP) is 3.34. The van der Waals surface area contributed by atoms with Gasteiger partial charge in [0.05, 0.1) is 0 Å². The Hall–Kier alpha value is -1.00. The minimum absolute atomic E-state index is 0.0180. The van der Waals surface area contributed by atoms with Crippen molar-refractivity contribution in [2.45, 2.75) is 65.0 Å². The molecule has 1 aliphatic carbocycles. The standard InChI is InChI=1S/C16H27N3O/c1-4-10-17-14-8-6-7-9-15-13(14)11-18-16(19-15)12(3)20-5-2/h11-12,14,17H,4-10H2,1-3H3. The van der Waals surface area contributed by atoms with Crippen molar-refractivity contribution in [3.8, 4) is 0 Å². The largest absolute Gasteiger partial charge is 0.371 e. The highest BCUT2D eigenvalue weighted by Gasteiger charge is 2.21. The number of hydrogen-bond acceptors (Lipinski definition) is 4. The molecule has 0 spiro atoms. The quantitative estimate of drug-likeness (QED) is 0.810. The van der Waals surface area contributed by atoms with Gasteiger partial charge in [0.25, 0.3) is 0 Å². The summed E-state index contributed by atoms with van der Waals surface area (Å²) in [6.45, 7) is 7.98. The number of aryl methyl sites for hydroxylation is 1. The van der Waals surface area contributed by atoms with Crippen LogP contribution in [0.1, 0.15) is 75.7 Å². The van der Waals surface area contributed by atoms with Gasteiger partial charge in [-0.1, -0.05) is 13.3 Å². The van der Waals surface area contributed by atoms with Crippen LogP contribution in [0, 0.1) is 0 Å². The van der Waals surface area contributed by atoms with Crippen molar-refractivity contribution in [3.63, 3.8) is 0 Å². The fourth-order valence-corrected chi connectivity index (χ4v) is 2.78. The lowest BCUT2D eigenvalue weighted by Gasteiger charge is -2.19. The normalized spacial score (nSPS) is 20.2. The molecule has 0 amide bonds. The summed E-state index contributed by atoms with van der Waals surface area (Å²) in [5.74, 6) is 0.821. The fourth-order valence-electron chi connectivity index (χ4n) is 2.78. The average molecular weight is 277 g/mol. The molecule has 1 aromatic rings. The SMILES string of the molecule is CCCNC1CCCCc2nc(C(C)OCC)ncc21. The van der Waals surface area contributed by atoms with Crippen LogP contribution in [0.5, 0.6) is 0 Å². The van der Waals surface area contributed by atoms with Gasteiger partial charge >= 0.3 is 0 Å². The van der Waals surface area contributed by atoms with Crippen LogP contribution in [-0.2, 0) is 11.2 Å². The number of fused-ring (bicyclic) bond motifs is 1. The Morgan fingerprint density at radius 3 is 3.00 bits per heavy atom. The first-order chi connectivity index (χ1) is 9.76. The molecule has 4 nitrogen and oxygen atoms in total. The van der Waals surface area contributed by atoms with Crippen molar-refractivity contribution in [3.05, 3.63) is 23.3 Å². The lowest BCUT2D eigenvalue weighted by molar-refractivity contribution is 0.0698. The van der Waals surface area contributed by atoms with Gasteiger partial charge in [-0.3, -0.25) is 0 Å². The van der Waals surface area contributed by atoms with Gasteiger partial charge in [-0.25, -0.2) is 9.97 Å². The molecule has 2 unspecified atom stereocenters. The molecule has 0 radical (unpaired) electrons. The summed E-state index contributed by atoms with van der Waals surface area (Å²) in [6.07, 6.45) is 7.89. The maximum absolute atomic E-state index is 5.60. The summed E-state index contributed by atoms with van der Waals surface area (Å²) in [5, 5.41) is 3.63. The molecular weight excluding hydrogens is 250 g/mol. The summed E-state index contributed by atoms with van der Waals surface area (Å²) >= 11 is 0. The first-order valence-electron chi connectivity index (χ1n) is 7.97. The molecule has 4 heteroatoms. The number of rotatable bonds is 6. The van der Waals surface area contributed by atoms with Crippen molar-refractivity contribution < 1.29 is 4.74 Å². The molecule has 0 bridgehead atoms. The van der Waals surface area contributed by atoms with E-state index in [1.54, 1.807) is 0 Å². The number of nitrogens with one attached hydrogen (secondary N) is 1. The molecule has 0 aliphatic heterocycles. The number of aromatic nitrogens is 2. The van der Waals surface area contributed by atoms with Gasteiger partial charge in [-0.15, -0.1) is 0 Å². The Labute approximate surface area is 122 Å². The molecule has 1 aromatic heterocycles. The zero-order valence-electron chi connectivity index (χ0n) is 13.0. The molecular formula is C16H27N3O. The first-order valence-corrected chi connectivity index (χ1v) is 7.97. The fraction of sp³-hybridized carbons (Fsp3) is 0.750. The molecule has 1 N–H and O–H groups in total. The van der Waals surface area contributed by atoms with Gasteiger partial charge in [-0.2, -0.15) is 0 Å². The van der Waals surface area contributed by atoms with E-state index in [9.17, 15) is 0 Å². The van der Waals surface area contributed by atoms with Gasteiger partial charge in [-0.05, 0) is 46.1 Å². The molecule has 1 aliphatic rings. The minimum Gasteiger partial charge on any atom is -0.371 e. The third kappa shape index (κ3) is 3.76. The van der Waals surface area contributed by atoms with Crippen molar-refractivity contribution >= 4 is 0 Å². The predicted molar refractivity (Wildman–Crippen MR) is 80.7 cm³/mol. The third-order valence-electron chi connectivity index (χ3n) is 3.87. The molecule has 0 fully saturated rings. The Bertz CT molecular complexity index is 422. The van der Waals surface area contributed by atoms with Crippen molar-refractivity contribution in [2.75, 3.05) is 13.2 Å². The lowest BCUT2D eigenvalue weighted by atomic mass is 10.0. The van der Waals surface area contributed by atoms with Gasteiger partial charge in [0, 0.05) is 30.1 Å². The highest BCUT2D eigenvalue weighted by Crippen LogP contribution is 2.28. The summed E-state index contributed by atoms with van der Waals surface area (Å²) in [5.41, 5.74) is 2.51. The van der Waals surface area contributed by atoms with Crippen LogP contribution in [0.4, 0.5) is 0 Å². The van der Waals surface area contributed by atoms with Gasteiger partial charge in [0.2, 0.25) is 0 Å². The van der Waals surface area contributed by atoms with Gasteiger partial charge in [0.1, 0.15) is 6.10 Å². The van der Waals surface area contributed by atoms with Crippen LogP contribution >= 0.6 is 0 Å². The molecule has 1 heterocycles. The van der Waals surface area contributed by atoms with E-state index < -0.39 is 0 Å². The lowest BCUT2D eigenvalue weighted by Crippen LogP contribution is -2.23. The zero-order chi connectivity index (χ0) is 14.4. The maximum Gasteiger partial charge on any atom is 0.157 e. The van der Waals surface area contributed by atoms with E-state index in [4.69, 9.17) is 9.72 Å². The van der Waals surface area contributed by atoms with Crippen molar-refractivity contribution in [1.29, 1.82) is 0 Å². The van der Waals surface area contributed by atoms with Crippen LogP contribution in [-0.4, -0.2) is 23.1 Å². The monoisotopic (exact) mass is 277 g/mol. The second kappa shape index (κ2) is 7.70. The number of hydrogen-bond donors (Lipinski definition) is 1. The maximum atomic E-state index is 5.60. The van der Waals surface area contributed by atoms with Crippen LogP contribution in [0.3, 0.4) is 0 Å². The van der Waals surface area contributed by atoms with E-state index in [1.807, 2.05) is 20.0 Å². The molecule has 2 atom stereocenters. The Morgan fingerprint density at radius 2 is 2.25 bits per heavy atom. The zero-order valence-corrected chi connectivity index (χ0v) is 13.0. The van der Waals surface area contributed by atoms with Crippen LogP contribution < -0.4 is 5.32 Å². The summed E-state index contributed by atoms with van der Waals surface area (Å²) in [6, 6.07) is 0.420. The summed E-state index contributed by atoms with van der Waals surface area (Å²) < 4.78 is 5.60. The van der Waals surface area contributed by atoms with E-state index in [-0.39, 0.29) is 6.10 Å². The Balaban J connectivity index is 2.20. The number of ether oxygens (including phenoxy) is 1. The van der Waals surface area contributed by atoms with E-state index in [0.717, 1.165) is 25.2 Å². The Kier molecular flexibility index (Phi) is 5.92. The third-order valence-corrected chi connectivity index (χ3v) is 3.87. The second-order valence-electron chi connectivity index (χ2n) is 5.48. The topological polar surface area (TPSA) is 47.0 Å². The van der Waals surface area contributed by atoms with Crippen molar-refractivity contribution in [1.82, 2.24) is 15.3 Å². The van der Waals surface area contributed by atoms with Crippen molar-refractivity contribution in [2.24, 2.45) is 0 Å². The highest BCUT2D eigenvalue weighted by molar-refractivity contribution is 5.23. The summed E-state index contributed by atoms with van der Waals surface area (Å²) in [4.78, 5) is 9.31. The second-order valence-corrected chi connectivity index (χ2v) is 5.48. The molecule has 0 aromatic carbocycles. The van der Waals surface area contributed by atoms with E-state index in [0.29, 0.717) is 12.6 Å². The van der Waals surface area contributed by atoms with E-state index in [1.165, 1.54) is 30.5 Å². The van der Waals surface area contributed by atoms with Crippen LogP contribution in [0.25, 0.3) is 0 Å². The van der Waals surface area contributed by atoms with Crippen LogP contribution in [0.2, 0.25) is 0 Å². The smallest absolute Gasteiger partial charge is 0.157 e. The molecule has 0 saturated carbocycles. The molecule has 20 heavy (non-hydrogen) atoms. The molecule has 112 valence electrons. The van der Waals surface area contributed by atoms with Gasteiger partial charge in [0.15, 0.2) is 5.82 Å². The van der Waals surface area contributed by atoms with Crippen LogP contribution in [0.15, 0.2) is 6.20 Å². The first kappa shape index (κ1) is 15.4. The van der Waals surface area contributed by atoms with Gasteiger partial charge < -0.3 is 10.1 Å². The average Bonchev–Trinajstić information content (AvgIpc) is 2.66. The Morgan fingerprint density at radius 1 is 1.40 bits per heavy atom.